The summed E-state index contributed by atoms with van der Waals surface area (Å²) in [6.07, 6.45) is 4.06. The van der Waals surface area contributed by atoms with E-state index in [4.69, 9.17) is 0 Å². The monoisotopic (exact) mass is 214 g/mol. The Hall–Kier alpha value is -1.54. The van der Waals surface area contributed by atoms with Crippen molar-refractivity contribution in [1.29, 1.82) is 0 Å². The molecule has 0 radical (unpaired) electrons. The Labute approximate surface area is 96.6 Å². The molecule has 2 aromatic rings. The van der Waals surface area contributed by atoms with E-state index in [1.807, 2.05) is 6.08 Å². The molecule has 0 saturated heterocycles. The van der Waals surface area contributed by atoms with Crippen molar-refractivity contribution in [3.63, 3.8) is 0 Å². The second-order valence-electron chi connectivity index (χ2n) is 3.89. The van der Waals surface area contributed by atoms with Gasteiger partial charge in [0.2, 0.25) is 0 Å². The molecular formula is C14H18N2. The molecule has 2 nitrogen and oxygen atoms in total. The predicted molar refractivity (Wildman–Crippen MR) is 69.5 cm³/mol. The molecule has 2 heteroatoms. The first kappa shape index (κ1) is 11.0. The molecule has 1 heterocycles. The summed E-state index contributed by atoms with van der Waals surface area (Å²) in [5, 5.41) is 4.68. The molecular weight excluding hydrogens is 196 g/mol. The van der Waals surface area contributed by atoms with Gasteiger partial charge in [0.1, 0.15) is 0 Å². The van der Waals surface area contributed by atoms with Gasteiger partial charge in [0, 0.05) is 19.3 Å². The van der Waals surface area contributed by atoms with Gasteiger partial charge in [0.05, 0.1) is 5.52 Å². The lowest BCUT2D eigenvalue weighted by molar-refractivity contribution is 0.725. The molecule has 1 aromatic carbocycles. The van der Waals surface area contributed by atoms with E-state index in [0.717, 1.165) is 19.6 Å². The Morgan fingerprint density at radius 3 is 3.00 bits per heavy atom. The maximum Gasteiger partial charge on any atom is 0.0528 e. The minimum atomic E-state index is 0.868. The fourth-order valence-corrected chi connectivity index (χ4v) is 2.03. The number of nitrogens with one attached hydrogen (secondary N) is 1. The zero-order valence-corrected chi connectivity index (χ0v) is 9.74. The maximum absolute atomic E-state index is 3.80. The van der Waals surface area contributed by atoms with Crippen LogP contribution < -0.4 is 5.32 Å². The zero-order chi connectivity index (χ0) is 11.4. The summed E-state index contributed by atoms with van der Waals surface area (Å²) >= 11 is 0. The van der Waals surface area contributed by atoms with E-state index in [1.54, 1.807) is 0 Å². The summed E-state index contributed by atoms with van der Waals surface area (Å²) < 4.78 is 2.25. The van der Waals surface area contributed by atoms with Crippen molar-refractivity contribution in [3.05, 3.63) is 48.7 Å². The average Bonchev–Trinajstić information content (AvgIpc) is 2.71. The van der Waals surface area contributed by atoms with Crippen LogP contribution in [0.2, 0.25) is 0 Å². The molecule has 1 aromatic heterocycles. The van der Waals surface area contributed by atoms with Gasteiger partial charge in [-0.05, 0) is 23.6 Å². The standard InChI is InChI=1S/C14H18N2/c1-3-9-16-10-8-12-6-5-7-13(14(12)16)11-15-4-2/h3,5-8,10,15H,1,4,9,11H2,2H3. The maximum atomic E-state index is 3.80. The molecule has 0 spiro atoms. The highest BCUT2D eigenvalue weighted by atomic mass is 15.0. The van der Waals surface area contributed by atoms with Crippen molar-refractivity contribution >= 4 is 10.9 Å². The molecule has 0 saturated carbocycles. The fourth-order valence-electron chi connectivity index (χ4n) is 2.03. The number of nitrogens with zero attached hydrogens (tertiary/aromatic N) is 1. The number of benzene rings is 1. The van der Waals surface area contributed by atoms with Gasteiger partial charge in [0.25, 0.3) is 0 Å². The third kappa shape index (κ3) is 2.02. The highest BCUT2D eigenvalue weighted by Gasteiger charge is 2.04. The normalized spacial score (nSPS) is 10.8. The van der Waals surface area contributed by atoms with Gasteiger partial charge in [-0.25, -0.2) is 0 Å². The Balaban J connectivity index is 2.45. The molecule has 2 rings (SSSR count). The molecule has 0 aliphatic carbocycles. The minimum Gasteiger partial charge on any atom is -0.343 e. The van der Waals surface area contributed by atoms with Crippen molar-refractivity contribution in [1.82, 2.24) is 9.88 Å². The van der Waals surface area contributed by atoms with Crippen LogP contribution in [0, 0.1) is 0 Å². The number of hydrogen-bond donors (Lipinski definition) is 1. The summed E-state index contributed by atoms with van der Waals surface area (Å²) in [6, 6.07) is 8.62. The number of allylic oxidation sites excluding steroid dienone is 1. The Kier molecular flexibility index (Phi) is 3.42. The lowest BCUT2D eigenvalue weighted by Crippen LogP contribution is -2.12. The van der Waals surface area contributed by atoms with Crippen molar-refractivity contribution in [3.8, 4) is 0 Å². The summed E-state index contributed by atoms with van der Waals surface area (Å²) in [7, 11) is 0. The summed E-state index contributed by atoms with van der Waals surface area (Å²) in [4.78, 5) is 0. The molecule has 0 atom stereocenters. The van der Waals surface area contributed by atoms with Crippen LogP contribution in [0.4, 0.5) is 0 Å². The number of rotatable bonds is 5. The summed E-state index contributed by atoms with van der Waals surface area (Å²) in [5.41, 5.74) is 2.68. The molecule has 0 fully saturated rings. The summed E-state index contributed by atoms with van der Waals surface area (Å²) in [5.74, 6) is 0. The topological polar surface area (TPSA) is 17.0 Å². The van der Waals surface area contributed by atoms with Gasteiger partial charge in [0.15, 0.2) is 0 Å². The smallest absolute Gasteiger partial charge is 0.0528 e. The minimum absolute atomic E-state index is 0.868. The number of fused-ring (bicyclic) bond motifs is 1. The van der Waals surface area contributed by atoms with E-state index in [1.165, 1.54) is 16.5 Å². The largest absolute Gasteiger partial charge is 0.343 e. The predicted octanol–water partition coefficient (Wildman–Crippen LogP) is 2.94. The first-order valence-corrected chi connectivity index (χ1v) is 5.75. The fraction of sp³-hybridized carbons (Fsp3) is 0.286. The number of aromatic nitrogens is 1. The molecule has 0 aliphatic rings. The highest BCUT2D eigenvalue weighted by molar-refractivity contribution is 5.83. The van der Waals surface area contributed by atoms with Crippen LogP contribution in [0.3, 0.4) is 0 Å². The molecule has 0 bridgehead atoms. The average molecular weight is 214 g/mol. The molecule has 1 N–H and O–H groups in total. The van der Waals surface area contributed by atoms with Crippen LogP contribution in [0.25, 0.3) is 10.9 Å². The van der Waals surface area contributed by atoms with E-state index in [0.29, 0.717) is 0 Å². The number of para-hydroxylation sites is 1. The first-order chi connectivity index (χ1) is 7.86. The lowest BCUT2D eigenvalue weighted by Gasteiger charge is -2.08. The van der Waals surface area contributed by atoms with E-state index in [2.05, 4.69) is 53.8 Å². The number of hydrogen-bond acceptors (Lipinski definition) is 1. The van der Waals surface area contributed by atoms with E-state index in [9.17, 15) is 0 Å². The third-order valence-corrected chi connectivity index (χ3v) is 2.76. The highest BCUT2D eigenvalue weighted by Crippen LogP contribution is 2.20. The Morgan fingerprint density at radius 1 is 1.38 bits per heavy atom. The van der Waals surface area contributed by atoms with E-state index >= 15 is 0 Å². The van der Waals surface area contributed by atoms with Gasteiger partial charge >= 0.3 is 0 Å². The van der Waals surface area contributed by atoms with Gasteiger partial charge < -0.3 is 9.88 Å². The van der Waals surface area contributed by atoms with Crippen LogP contribution >= 0.6 is 0 Å². The van der Waals surface area contributed by atoms with Crippen molar-refractivity contribution in [2.75, 3.05) is 6.54 Å². The SMILES string of the molecule is C=CCn1ccc2cccc(CNCC)c21. The van der Waals surface area contributed by atoms with E-state index in [-0.39, 0.29) is 0 Å². The van der Waals surface area contributed by atoms with Crippen molar-refractivity contribution in [2.24, 2.45) is 0 Å². The second kappa shape index (κ2) is 4.99. The van der Waals surface area contributed by atoms with Crippen LogP contribution in [0.15, 0.2) is 43.1 Å². The quantitative estimate of drug-likeness (QED) is 0.757. The molecule has 0 unspecified atom stereocenters. The lowest BCUT2D eigenvalue weighted by atomic mass is 10.1. The molecule has 0 aliphatic heterocycles. The van der Waals surface area contributed by atoms with Crippen molar-refractivity contribution < 1.29 is 0 Å². The Morgan fingerprint density at radius 2 is 2.25 bits per heavy atom. The second-order valence-corrected chi connectivity index (χ2v) is 3.89. The van der Waals surface area contributed by atoms with Gasteiger partial charge in [-0.2, -0.15) is 0 Å². The van der Waals surface area contributed by atoms with Crippen LogP contribution in [-0.2, 0) is 13.1 Å². The van der Waals surface area contributed by atoms with E-state index < -0.39 is 0 Å². The molecule has 16 heavy (non-hydrogen) atoms. The van der Waals surface area contributed by atoms with Crippen molar-refractivity contribution in [2.45, 2.75) is 20.0 Å². The Bertz CT molecular complexity index is 482. The third-order valence-electron chi connectivity index (χ3n) is 2.76. The summed E-state index contributed by atoms with van der Waals surface area (Å²) in [6.45, 7) is 8.72. The molecule has 0 amide bonds. The van der Waals surface area contributed by atoms with Crippen LogP contribution in [-0.4, -0.2) is 11.1 Å². The van der Waals surface area contributed by atoms with Gasteiger partial charge in [-0.3, -0.25) is 0 Å². The molecule has 84 valence electrons. The van der Waals surface area contributed by atoms with Gasteiger partial charge in [-0.1, -0.05) is 31.2 Å². The zero-order valence-electron chi connectivity index (χ0n) is 9.74. The van der Waals surface area contributed by atoms with Gasteiger partial charge in [-0.15, -0.1) is 6.58 Å². The van der Waals surface area contributed by atoms with Crippen LogP contribution in [0.5, 0.6) is 0 Å². The van der Waals surface area contributed by atoms with Crippen LogP contribution in [0.1, 0.15) is 12.5 Å². The first-order valence-electron chi connectivity index (χ1n) is 5.75.